The molecule has 1 atom stereocenters. The van der Waals surface area contributed by atoms with Gasteiger partial charge in [0.15, 0.2) is 0 Å². The van der Waals surface area contributed by atoms with Crippen LogP contribution in [0.2, 0.25) is 0 Å². The van der Waals surface area contributed by atoms with Gasteiger partial charge in [0.25, 0.3) is 0 Å². The van der Waals surface area contributed by atoms with Gasteiger partial charge in [-0.2, -0.15) is 0 Å². The molecule has 0 radical (unpaired) electrons. The van der Waals surface area contributed by atoms with Crippen molar-refractivity contribution in [2.24, 2.45) is 5.92 Å². The first-order chi connectivity index (χ1) is 14.2. The molecule has 2 aromatic rings. The zero-order chi connectivity index (χ0) is 20.5. The second-order valence-electron chi connectivity index (χ2n) is 9.05. The molecule has 29 heavy (non-hydrogen) atoms. The second kappa shape index (κ2) is 11.5. The molecule has 3 rings (SSSR count). The van der Waals surface area contributed by atoms with E-state index in [2.05, 4.69) is 62.4 Å². The Labute approximate surface area is 177 Å². The van der Waals surface area contributed by atoms with Crippen LogP contribution in [0.25, 0.3) is 11.1 Å². The lowest BCUT2D eigenvalue weighted by molar-refractivity contribution is 0.160. The Morgan fingerprint density at radius 1 is 0.759 bits per heavy atom. The van der Waals surface area contributed by atoms with Gasteiger partial charge in [0.1, 0.15) is 6.17 Å². The van der Waals surface area contributed by atoms with Gasteiger partial charge in [-0.3, -0.25) is 0 Å². The molecule has 0 N–H and O–H groups in total. The molecule has 1 aliphatic rings. The molecule has 0 aromatic heterocycles. The summed E-state index contributed by atoms with van der Waals surface area (Å²) in [5.74, 6) is 0.910. The van der Waals surface area contributed by atoms with Crippen LogP contribution in [0.1, 0.15) is 95.1 Å². The van der Waals surface area contributed by atoms with Crippen LogP contribution in [-0.2, 0) is 6.42 Å². The summed E-state index contributed by atoms with van der Waals surface area (Å²) >= 11 is 0. The fourth-order valence-corrected chi connectivity index (χ4v) is 4.84. The van der Waals surface area contributed by atoms with Gasteiger partial charge in [-0.25, -0.2) is 4.39 Å². The summed E-state index contributed by atoms with van der Waals surface area (Å²) in [5.41, 5.74) is 5.48. The van der Waals surface area contributed by atoms with E-state index in [1.807, 2.05) is 0 Å². The molecule has 1 aliphatic carbocycles. The van der Waals surface area contributed by atoms with E-state index in [1.165, 1.54) is 47.9 Å². The Hall–Kier alpha value is -1.63. The van der Waals surface area contributed by atoms with E-state index < -0.39 is 6.17 Å². The maximum Gasteiger partial charge on any atom is 0.103 e. The molecule has 0 heterocycles. The third kappa shape index (κ3) is 6.43. The molecule has 1 unspecified atom stereocenters. The van der Waals surface area contributed by atoms with Gasteiger partial charge in [0.2, 0.25) is 0 Å². The third-order valence-corrected chi connectivity index (χ3v) is 6.86. The molecule has 1 heteroatoms. The van der Waals surface area contributed by atoms with E-state index in [9.17, 15) is 4.39 Å². The zero-order valence-electron chi connectivity index (χ0n) is 18.5. The number of aryl methyl sites for hydroxylation is 1. The number of alkyl halides is 1. The van der Waals surface area contributed by atoms with Crippen molar-refractivity contribution in [3.8, 4) is 11.1 Å². The Kier molecular flexibility index (Phi) is 8.77. The minimum atomic E-state index is -0.580. The van der Waals surface area contributed by atoms with E-state index in [4.69, 9.17) is 0 Å². The fraction of sp³-hybridized carbons (Fsp3) is 0.571. The minimum absolute atomic E-state index is 0.299. The van der Waals surface area contributed by atoms with Gasteiger partial charge < -0.3 is 0 Å². The molecule has 1 saturated carbocycles. The van der Waals surface area contributed by atoms with Crippen LogP contribution in [-0.4, -0.2) is 6.17 Å². The first-order valence-electron chi connectivity index (χ1n) is 12.0. The molecule has 0 amide bonds. The first kappa shape index (κ1) is 22.1. The molecule has 2 aromatic carbocycles. The van der Waals surface area contributed by atoms with Crippen molar-refractivity contribution in [3.05, 3.63) is 59.7 Å². The molecule has 158 valence electrons. The van der Waals surface area contributed by atoms with E-state index in [0.29, 0.717) is 11.8 Å². The Bertz CT molecular complexity index is 692. The lowest BCUT2D eigenvalue weighted by Gasteiger charge is -2.31. The van der Waals surface area contributed by atoms with Gasteiger partial charge in [-0.05, 0) is 79.0 Å². The predicted octanol–water partition coefficient (Wildman–Crippen LogP) is 8.89. The number of benzene rings is 2. The molecule has 0 saturated heterocycles. The molecule has 0 aliphatic heterocycles. The molecular formula is C28H39F. The molecule has 0 spiro atoms. The number of halogens is 1. The van der Waals surface area contributed by atoms with Crippen molar-refractivity contribution in [2.45, 2.75) is 96.6 Å². The largest absolute Gasteiger partial charge is 0.247 e. The quantitative estimate of drug-likeness (QED) is 0.353. The second-order valence-corrected chi connectivity index (χ2v) is 9.05. The molecule has 0 bridgehead atoms. The molecular weight excluding hydrogens is 355 g/mol. The normalized spacial score (nSPS) is 20.5. The summed E-state index contributed by atoms with van der Waals surface area (Å²) in [7, 11) is 0. The lowest BCUT2D eigenvalue weighted by atomic mass is 9.76. The van der Waals surface area contributed by atoms with Gasteiger partial charge in [0, 0.05) is 0 Å². The summed E-state index contributed by atoms with van der Waals surface area (Å²) in [5, 5.41) is 0. The monoisotopic (exact) mass is 394 g/mol. The standard InChI is InChI=1S/C28H39F/c1-3-5-7-8-22-10-12-23(13-11-22)24-14-16-25(17-15-24)26-18-20-27(21-19-26)28(29)9-6-4-2/h10-17,26-28H,3-9,18-21H2,1-2H3. The van der Waals surface area contributed by atoms with Crippen molar-refractivity contribution in [3.63, 3.8) is 0 Å². The van der Waals surface area contributed by atoms with Gasteiger partial charge in [-0.15, -0.1) is 0 Å². The summed E-state index contributed by atoms with van der Waals surface area (Å²) in [6.07, 6.45) is 11.8. The SMILES string of the molecule is CCCCCc1ccc(-c2ccc(C3CCC(C(F)CCCC)CC3)cc2)cc1. The van der Waals surface area contributed by atoms with Crippen LogP contribution in [0.15, 0.2) is 48.5 Å². The van der Waals surface area contributed by atoms with Crippen LogP contribution in [0, 0.1) is 5.92 Å². The van der Waals surface area contributed by atoms with E-state index >= 15 is 0 Å². The van der Waals surface area contributed by atoms with Crippen LogP contribution < -0.4 is 0 Å². The Balaban J connectivity index is 1.53. The first-order valence-corrected chi connectivity index (χ1v) is 12.0. The average Bonchev–Trinajstić information content (AvgIpc) is 2.78. The Morgan fingerprint density at radius 3 is 1.93 bits per heavy atom. The van der Waals surface area contributed by atoms with Crippen LogP contribution >= 0.6 is 0 Å². The van der Waals surface area contributed by atoms with Gasteiger partial charge in [-0.1, -0.05) is 88.1 Å². The summed E-state index contributed by atoms with van der Waals surface area (Å²) < 4.78 is 14.4. The van der Waals surface area contributed by atoms with Gasteiger partial charge >= 0.3 is 0 Å². The van der Waals surface area contributed by atoms with Crippen LogP contribution in [0.5, 0.6) is 0 Å². The number of hydrogen-bond donors (Lipinski definition) is 0. The Morgan fingerprint density at radius 2 is 1.34 bits per heavy atom. The van der Waals surface area contributed by atoms with E-state index in [1.54, 1.807) is 0 Å². The predicted molar refractivity (Wildman–Crippen MR) is 124 cm³/mol. The molecule has 0 nitrogen and oxygen atoms in total. The highest BCUT2D eigenvalue weighted by Gasteiger charge is 2.27. The fourth-order valence-electron chi connectivity index (χ4n) is 4.84. The van der Waals surface area contributed by atoms with Crippen LogP contribution in [0.3, 0.4) is 0 Å². The van der Waals surface area contributed by atoms with Crippen molar-refractivity contribution in [2.75, 3.05) is 0 Å². The van der Waals surface area contributed by atoms with E-state index in [-0.39, 0.29) is 0 Å². The van der Waals surface area contributed by atoms with Crippen molar-refractivity contribution >= 4 is 0 Å². The summed E-state index contributed by atoms with van der Waals surface area (Å²) in [4.78, 5) is 0. The third-order valence-electron chi connectivity index (χ3n) is 6.86. The number of hydrogen-bond acceptors (Lipinski definition) is 0. The van der Waals surface area contributed by atoms with E-state index in [0.717, 1.165) is 44.9 Å². The summed E-state index contributed by atoms with van der Waals surface area (Å²) in [6.45, 7) is 4.40. The lowest BCUT2D eigenvalue weighted by Crippen LogP contribution is -2.22. The zero-order valence-corrected chi connectivity index (χ0v) is 18.5. The molecule has 1 fully saturated rings. The topological polar surface area (TPSA) is 0 Å². The van der Waals surface area contributed by atoms with Crippen molar-refractivity contribution in [1.29, 1.82) is 0 Å². The average molecular weight is 395 g/mol. The minimum Gasteiger partial charge on any atom is -0.247 e. The van der Waals surface area contributed by atoms with Gasteiger partial charge in [0.05, 0.1) is 0 Å². The highest BCUT2D eigenvalue weighted by molar-refractivity contribution is 5.64. The number of unbranched alkanes of at least 4 members (excludes halogenated alkanes) is 3. The van der Waals surface area contributed by atoms with Crippen molar-refractivity contribution < 1.29 is 4.39 Å². The highest BCUT2D eigenvalue weighted by atomic mass is 19.1. The highest BCUT2D eigenvalue weighted by Crippen LogP contribution is 2.39. The van der Waals surface area contributed by atoms with Crippen molar-refractivity contribution in [1.82, 2.24) is 0 Å². The maximum atomic E-state index is 14.4. The maximum absolute atomic E-state index is 14.4. The summed E-state index contributed by atoms with van der Waals surface area (Å²) in [6, 6.07) is 18.2. The smallest absolute Gasteiger partial charge is 0.103 e. The van der Waals surface area contributed by atoms with Crippen LogP contribution in [0.4, 0.5) is 4.39 Å². The number of rotatable bonds is 10.